The Morgan fingerprint density at radius 3 is 2.63 bits per heavy atom. The molecule has 0 aromatic heterocycles. The zero-order valence-electron chi connectivity index (χ0n) is 11.3. The second kappa shape index (κ2) is 5.51. The molecule has 1 fully saturated rings. The second-order valence-corrected chi connectivity index (χ2v) is 6.03. The molecule has 0 radical (unpaired) electrons. The number of nitrogens with one attached hydrogen (secondary N) is 1. The first-order valence-electron chi connectivity index (χ1n) is 6.41. The molecule has 3 N–H and O–H groups in total. The Bertz CT molecular complexity index is 496. The zero-order valence-corrected chi connectivity index (χ0v) is 12.8. The number of aryl methyl sites for hydroxylation is 1. The van der Waals surface area contributed by atoms with E-state index in [1.807, 2.05) is 19.1 Å². The molecule has 0 spiro atoms. The Balaban J connectivity index is 2.26. The second-order valence-electron chi connectivity index (χ2n) is 5.12. The molecule has 1 aromatic carbocycles. The predicted octanol–water partition coefficient (Wildman–Crippen LogP) is 2.98. The molecular weight excluding hydrogens is 308 g/mol. The molecule has 19 heavy (non-hydrogen) atoms. The van der Waals surface area contributed by atoms with Gasteiger partial charge in [-0.05, 0) is 37.5 Å². The molecule has 1 aromatic rings. The number of amides is 1. The van der Waals surface area contributed by atoms with Crippen LogP contribution >= 0.6 is 15.9 Å². The van der Waals surface area contributed by atoms with Crippen LogP contribution in [0.3, 0.4) is 0 Å². The third-order valence-electron chi connectivity index (χ3n) is 3.67. The van der Waals surface area contributed by atoms with E-state index in [-0.39, 0.29) is 5.91 Å². The number of carbonyl (C=O) groups is 1. The van der Waals surface area contributed by atoms with Crippen molar-refractivity contribution < 1.29 is 9.53 Å². The summed E-state index contributed by atoms with van der Waals surface area (Å²) in [5, 5.41) is 2.93. The third kappa shape index (κ3) is 2.92. The van der Waals surface area contributed by atoms with E-state index in [1.165, 1.54) is 0 Å². The van der Waals surface area contributed by atoms with Gasteiger partial charge < -0.3 is 15.8 Å². The lowest BCUT2D eigenvalue weighted by Gasteiger charge is -2.23. The SMILES string of the molecule is COc1cc(Br)cc(C)c1NC(=O)C1(N)CCCC1. The van der Waals surface area contributed by atoms with Gasteiger partial charge in [-0.15, -0.1) is 0 Å². The van der Waals surface area contributed by atoms with E-state index in [0.717, 1.165) is 35.7 Å². The monoisotopic (exact) mass is 326 g/mol. The van der Waals surface area contributed by atoms with Crippen LogP contribution < -0.4 is 15.8 Å². The maximum atomic E-state index is 12.3. The van der Waals surface area contributed by atoms with Gasteiger partial charge in [0.1, 0.15) is 5.75 Å². The normalized spacial score (nSPS) is 17.3. The van der Waals surface area contributed by atoms with Gasteiger partial charge >= 0.3 is 0 Å². The summed E-state index contributed by atoms with van der Waals surface area (Å²) in [4.78, 5) is 12.3. The Hall–Kier alpha value is -1.07. The number of methoxy groups -OCH3 is 1. The van der Waals surface area contributed by atoms with E-state index in [9.17, 15) is 4.79 Å². The highest BCUT2D eigenvalue weighted by atomic mass is 79.9. The van der Waals surface area contributed by atoms with Crippen molar-refractivity contribution in [2.24, 2.45) is 5.73 Å². The van der Waals surface area contributed by atoms with E-state index >= 15 is 0 Å². The average Bonchev–Trinajstić information content (AvgIpc) is 2.80. The van der Waals surface area contributed by atoms with Gasteiger partial charge in [0.15, 0.2) is 0 Å². The van der Waals surface area contributed by atoms with Crippen molar-refractivity contribution in [1.29, 1.82) is 0 Å². The van der Waals surface area contributed by atoms with Crippen LogP contribution in [0.4, 0.5) is 5.69 Å². The molecule has 1 aliphatic rings. The number of hydrogen-bond donors (Lipinski definition) is 2. The average molecular weight is 327 g/mol. The van der Waals surface area contributed by atoms with Crippen LogP contribution in [-0.4, -0.2) is 18.6 Å². The van der Waals surface area contributed by atoms with Crippen molar-refractivity contribution in [1.82, 2.24) is 0 Å². The predicted molar refractivity (Wildman–Crippen MR) is 79.4 cm³/mol. The van der Waals surface area contributed by atoms with Crippen molar-refractivity contribution in [2.75, 3.05) is 12.4 Å². The third-order valence-corrected chi connectivity index (χ3v) is 4.13. The molecule has 1 saturated carbocycles. The highest BCUT2D eigenvalue weighted by Crippen LogP contribution is 2.34. The Morgan fingerprint density at radius 2 is 2.05 bits per heavy atom. The number of anilines is 1. The molecule has 0 saturated heterocycles. The standard InChI is InChI=1S/C14H19BrN2O2/c1-9-7-10(15)8-11(19-2)12(9)17-13(18)14(16)5-3-4-6-14/h7-8H,3-6,16H2,1-2H3,(H,17,18). The van der Waals surface area contributed by atoms with Gasteiger partial charge in [-0.25, -0.2) is 0 Å². The van der Waals surface area contributed by atoms with Crippen molar-refractivity contribution in [3.05, 3.63) is 22.2 Å². The maximum Gasteiger partial charge on any atom is 0.244 e. The highest BCUT2D eigenvalue weighted by molar-refractivity contribution is 9.10. The van der Waals surface area contributed by atoms with Gasteiger partial charge in [-0.2, -0.15) is 0 Å². The summed E-state index contributed by atoms with van der Waals surface area (Å²) < 4.78 is 6.24. The minimum atomic E-state index is -0.732. The van der Waals surface area contributed by atoms with E-state index in [2.05, 4.69) is 21.2 Å². The van der Waals surface area contributed by atoms with E-state index in [4.69, 9.17) is 10.5 Å². The molecule has 0 bridgehead atoms. The number of benzene rings is 1. The molecule has 2 rings (SSSR count). The topological polar surface area (TPSA) is 64.3 Å². The molecule has 0 heterocycles. The van der Waals surface area contributed by atoms with Crippen molar-refractivity contribution in [2.45, 2.75) is 38.1 Å². The summed E-state index contributed by atoms with van der Waals surface area (Å²) in [5.41, 5.74) is 7.08. The molecule has 1 amide bonds. The largest absolute Gasteiger partial charge is 0.495 e. The number of nitrogens with two attached hydrogens (primary N) is 1. The Kier molecular flexibility index (Phi) is 4.16. The number of rotatable bonds is 3. The smallest absolute Gasteiger partial charge is 0.244 e. The van der Waals surface area contributed by atoms with E-state index < -0.39 is 5.54 Å². The first-order valence-corrected chi connectivity index (χ1v) is 7.20. The zero-order chi connectivity index (χ0) is 14.0. The molecule has 0 atom stereocenters. The summed E-state index contributed by atoms with van der Waals surface area (Å²) in [6, 6.07) is 3.77. The Morgan fingerprint density at radius 1 is 1.42 bits per heavy atom. The fourth-order valence-corrected chi connectivity index (χ4v) is 3.06. The number of hydrogen-bond acceptors (Lipinski definition) is 3. The molecule has 5 heteroatoms. The van der Waals surface area contributed by atoms with Gasteiger partial charge in [0.25, 0.3) is 0 Å². The lowest BCUT2D eigenvalue weighted by atomic mass is 9.97. The maximum absolute atomic E-state index is 12.3. The first-order chi connectivity index (χ1) is 8.96. The summed E-state index contributed by atoms with van der Waals surface area (Å²) in [6.45, 7) is 1.93. The summed E-state index contributed by atoms with van der Waals surface area (Å²) in [7, 11) is 1.59. The Labute approximate surface area is 121 Å². The lowest BCUT2D eigenvalue weighted by Crippen LogP contribution is -2.48. The fourth-order valence-electron chi connectivity index (χ4n) is 2.50. The minimum absolute atomic E-state index is 0.117. The molecule has 104 valence electrons. The quantitative estimate of drug-likeness (QED) is 0.897. The van der Waals surface area contributed by atoms with Crippen LogP contribution in [-0.2, 0) is 4.79 Å². The highest BCUT2D eigenvalue weighted by Gasteiger charge is 2.37. The van der Waals surface area contributed by atoms with Gasteiger partial charge in [0, 0.05) is 4.47 Å². The van der Waals surface area contributed by atoms with Crippen LogP contribution in [0.5, 0.6) is 5.75 Å². The molecule has 4 nitrogen and oxygen atoms in total. The van der Waals surface area contributed by atoms with Gasteiger partial charge in [0.05, 0.1) is 18.3 Å². The molecular formula is C14H19BrN2O2. The summed E-state index contributed by atoms with van der Waals surface area (Å²) >= 11 is 3.41. The summed E-state index contributed by atoms with van der Waals surface area (Å²) in [6.07, 6.45) is 3.52. The van der Waals surface area contributed by atoms with E-state index in [0.29, 0.717) is 11.4 Å². The fraction of sp³-hybridized carbons (Fsp3) is 0.500. The van der Waals surface area contributed by atoms with Gasteiger partial charge in [-0.3, -0.25) is 4.79 Å². The molecule has 0 aliphatic heterocycles. The van der Waals surface area contributed by atoms with Crippen molar-refractivity contribution in [3.63, 3.8) is 0 Å². The van der Waals surface area contributed by atoms with Crippen molar-refractivity contribution in [3.8, 4) is 5.75 Å². The van der Waals surface area contributed by atoms with E-state index in [1.54, 1.807) is 7.11 Å². The first kappa shape index (κ1) is 14.3. The number of halogens is 1. The number of ether oxygens (including phenoxy) is 1. The molecule has 1 aliphatic carbocycles. The lowest BCUT2D eigenvalue weighted by molar-refractivity contribution is -0.121. The van der Waals surface area contributed by atoms with Crippen LogP contribution in [0.25, 0.3) is 0 Å². The van der Waals surface area contributed by atoms with Crippen LogP contribution in [0.1, 0.15) is 31.2 Å². The van der Waals surface area contributed by atoms with Crippen molar-refractivity contribution >= 4 is 27.5 Å². The van der Waals surface area contributed by atoms with Crippen LogP contribution in [0.2, 0.25) is 0 Å². The van der Waals surface area contributed by atoms with Gasteiger partial charge in [-0.1, -0.05) is 28.8 Å². The minimum Gasteiger partial charge on any atom is -0.495 e. The summed E-state index contributed by atoms with van der Waals surface area (Å²) in [5.74, 6) is 0.524. The van der Waals surface area contributed by atoms with Gasteiger partial charge in [0.2, 0.25) is 5.91 Å². The molecule has 0 unspecified atom stereocenters. The number of carbonyl (C=O) groups excluding carboxylic acids is 1. The van der Waals surface area contributed by atoms with Crippen LogP contribution in [0.15, 0.2) is 16.6 Å². The van der Waals surface area contributed by atoms with Crippen LogP contribution in [0, 0.1) is 6.92 Å².